The van der Waals surface area contributed by atoms with Gasteiger partial charge in [-0.25, -0.2) is 23.1 Å². The second-order valence-electron chi connectivity index (χ2n) is 7.44. The molecule has 0 saturated heterocycles. The van der Waals surface area contributed by atoms with E-state index in [9.17, 15) is 18.4 Å². The maximum atomic E-state index is 13.9. The highest BCUT2D eigenvalue weighted by atomic mass is 35.5. The van der Waals surface area contributed by atoms with E-state index in [4.69, 9.17) is 16.9 Å². The number of rotatable bonds is 4. The van der Waals surface area contributed by atoms with Gasteiger partial charge in [-0.2, -0.15) is 5.26 Å². The summed E-state index contributed by atoms with van der Waals surface area (Å²) in [7, 11) is 1.73. The predicted octanol–water partition coefficient (Wildman–Crippen LogP) is 4.01. The zero-order chi connectivity index (χ0) is 24.1. The molecule has 0 aliphatic carbocycles. The fraction of sp³-hybridized carbons (Fsp3) is 0.136. The Morgan fingerprint density at radius 3 is 2.71 bits per heavy atom. The van der Waals surface area contributed by atoms with E-state index < -0.39 is 22.9 Å². The SMILES string of the molecule is Cn1cnc2cncc(-n3c(=O)c4sc(-c5cc(F)c(F)cc5Cl)cc4n(CCC#N)c3=O)c21. The highest BCUT2D eigenvalue weighted by Crippen LogP contribution is 2.37. The third-order valence-electron chi connectivity index (χ3n) is 5.39. The van der Waals surface area contributed by atoms with Crippen molar-refractivity contribution in [2.45, 2.75) is 13.0 Å². The first-order valence-corrected chi connectivity index (χ1v) is 11.1. The third kappa shape index (κ3) is 3.30. The average Bonchev–Trinajstić information content (AvgIpc) is 3.41. The van der Waals surface area contributed by atoms with Crippen LogP contribution in [0.5, 0.6) is 0 Å². The second kappa shape index (κ2) is 8.16. The van der Waals surface area contributed by atoms with Crippen LogP contribution in [-0.2, 0) is 13.6 Å². The van der Waals surface area contributed by atoms with Crippen LogP contribution < -0.4 is 11.2 Å². The number of aryl methyl sites for hydroxylation is 2. The Hall–Kier alpha value is -3.88. The minimum atomic E-state index is -1.10. The van der Waals surface area contributed by atoms with E-state index in [2.05, 4.69) is 9.97 Å². The fourth-order valence-electron chi connectivity index (χ4n) is 3.84. The van der Waals surface area contributed by atoms with Crippen LogP contribution in [0.25, 0.3) is 37.4 Å². The molecule has 0 aliphatic heterocycles. The van der Waals surface area contributed by atoms with Crippen molar-refractivity contribution >= 4 is 44.2 Å². The second-order valence-corrected chi connectivity index (χ2v) is 8.90. The molecule has 5 rings (SSSR count). The molecular weight excluding hydrogens is 486 g/mol. The number of thiophene rings is 1. The number of fused-ring (bicyclic) bond motifs is 2. The first kappa shape index (κ1) is 21.9. The van der Waals surface area contributed by atoms with Crippen LogP contribution in [0.4, 0.5) is 8.78 Å². The van der Waals surface area contributed by atoms with Crippen LogP contribution in [0, 0.1) is 23.0 Å². The number of nitriles is 1. The first-order valence-electron chi connectivity index (χ1n) is 9.88. The van der Waals surface area contributed by atoms with Crippen molar-refractivity contribution in [1.82, 2.24) is 23.7 Å². The van der Waals surface area contributed by atoms with Gasteiger partial charge in [0.1, 0.15) is 10.2 Å². The zero-order valence-electron chi connectivity index (χ0n) is 17.4. The van der Waals surface area contributed by atoms with Crippen molar-refractivity contribution in [1.29, 1.82) is 5.26 Å². The van der Waals surface area contributed by atoms with E-state index in [0.717, 1.165) is 28.0 Å². The molecule has 8 nitrogen and oxygen atoms in total. The van der Waals surface area contributed by atoms with Crippen molar-refractivity contribution in [3.8, 4) is 22.2 Å². The lowest BCUT2D eigenvalue weighted by Crippen LogP contribution is -2.38. The van der Waals surface area contributed by atoms with Crippen LogP contribution in [0.1, 0.15) is 6.42 Å². The molecule has 1 aromatic carbocycles. The molecular formula is C22H13ClF2N6O2S. The van der Waals surface area contributed by atoms with Gasteiger partial charge in [-0.3, -0.25) is 14.3 Å². The molecule has 12 heteroatoms. The molecule has 4 aromatic heterocycles. The molecule has 34 heavy (non-hydrogen) atoms. The number of hydrogen-bond donors (Lipinski definition) is 0. The normalized spacial score (nSPS) is 11.4. The number of hydrogen-bond acceptors (Lipinski definition) is 6. The van der Waals surface area contributed by atoms with Gasteiger partial charge in [-0.1, -0.05) is 11.6 Å². The number of nitrogens with zero attached hydrogens (tertiary/aromatic N) is 6. The highest BCUT2D eigenvalue weighted by molar-refractivity contribution is 7.22. The Kier molecular flexibility index (Phi) is 5.27. The lowest BCUT2D eigenvalue weighted by Gasteiger charge is -2.12. The van der Waals surface area contributed by atoms with Gasteiger partial charge in [0.05, 0.1) is 53.0 Å². The molecule has 0 spiro atoms. The largest absolute Gasteiger partial charge is 0.336 e. The molecule has 0 radical (unpaired) electrons. The number of pyridine rings is 1. The van der Waals surface area contributed by atoms with E-state index >= 15 is 0 Å². The molecule has 0 atom stereocenters. The van der Waals surface area contributed by atoms with Crippen LogP contribution >= 0.6 is 22.9 Å². The highest BCUT2D eigenvalue weighted by Gasteiger charge is 2.22. The van der Waals surface area contributed by atoms with Gasteiger partial charge in [0, 0.05) is 24.0 Å². The van der Waals surface area contributed by atoms with Crippen molar-refractivity contribution in [2.24, 2.45) is 7.05 Å². The van der Waals surface area contributed by atoms with E-state index in [1.807, 2.05) is 6.07 Å². The molecule has 0 amide bonds. The Morgan fingerprint density at radius 2 is 1.94 bits per heavy atom. The minimum absolute atomic E-state index is 0.0124. The molecule has 0 bridgehead atoms. The van der Waals surface area contributed by atoms with E-state index in [1.165, 1.54) is 23.0 Å². The van der Waals surface area contributed by atoms with Gasteiger partial charge >= 0.3 is 5.69 Å². The van der Waals surface area contributed by atoms with Crippen molar-refractivity contribution in [3.05, 3.63) is 74.4 Å². The summed E-state index contributed by atoms with van der Waals surface area (Å²) >= 11 is 7.13. The fourth-order valence-corrected chi connectivity index (χ4v) is 5.27. The molecule has 5 aromatic rings. The van der Waals surface area contributed by atoms with Crippen LogP contribution in [0.2, 0.25) is 5.02 Å². The Balaban J connectivity index is 1.87. The summed E-state index contributed by atoms with van der Waals surface area (Å²) in [5.74, 6) is -2.19. The summed E-state index contributed by atoms with van der Waals surface area (Å²) in [6, 6.07) is 5.31. The van der Waals surface area contributed by atoms with Gasteiger partial charge in [-0.05, 0) is 18.2 Å². The van der Waals surface area contributed by atoms with Gasteiger partial charge < -0.3 is 4.57 Å². The monoisotopic (exact) mass is 498 g/mol. The first-order chi connectivity index (χ1) is 16.3. The summed E-state index contributed by atoms with van der Waals surface area (Å²) in [4.78, 5) is 35.8. The smallest absolute Gasteiger partial charge is 0.332 e. The maximum absolute atomic E-state index is 13.9. The van der Waals surface area contributed by atoms with Crippen LogP contribution in [0.15, 0.2) is 46.5 Å². The average molecular weight is 499 g/mol. The van der Waals surface area contributed by atoms with Crippen molar-refractivity contribution in [3.63, 3.8) is 0 Å². The summed E-state index contributed by atoms with van der Waals surface area (Å²) < 4.78 is 31.7. The number of imidazole rings is 1. The van der Waals surface area contributed by atoms with E-state index in [0.29, 0.717) is 15.9 Å². The molecule has 4 heterocycles. The molecule has 0 aliphatic rings. The molecule has 170 valence electrons. The van der Waals surface area contributed by atoms with Crippen molar-refractivity contribution in [2.75, 3.05) is 0 Å². The maximum Gasteiger partial charge on any atom is 0.336 e. The van der Waals surface area contributed by atoms with E-state index in [1.54, 1.807) is 17.9 Å². The van der Waals surface area contributed by atoms with Gasteiger partial charge in [-0.15, -0.1) is 11.3 Å². The summed E-state index contributed by atoms with van der Waals surface area (Å²) in [6.07, 6.45) is 4.47. The Bertz CT molecular complexity index is 1780. The molecule has 0 saturated carbocycles. The van der Waals surface area contributed by atoms with Gasteiger partial charge in [0.2, 0.25) is 0 Å². The van der Waals surface area contributed by atoms with Gasteiger partial charge in [0.25, 0.3) is 5.56 Å². The van der Waals surface area contributed by atoms with Gasteiger partial charge in [0.15, 0.2) is 11.6 Å². The lowest BCUT2D eigenvalue weighted by atomic mass is 10.1. The Morgan fingerprint density at radius 1 is 1.18 bits per heavy atom. The molecule has 0 unspecified atom stereocenters. The van der Waals surface area contributed by atoms with Crippen LogP contribution in [-0.4, -0.2) is 23.7 Å². The van der Waals surface area contributed by atoms with E-state index in [-0.39, 0.29) is 39.5 Å². The zero-order valence-corrected chi connectivity index (χ0v) is 19.0. The molecule has 0 N–H and O–H groups in total. The number of halogens is 3. The molecule has 0 fully saturated rings. The standard InChI is InChI=1S/C22H13ClF2N6O2S/c1-29-10-28-15-8-27-9-17(19(15)29)31-21(32)20-16(30(22(31)33)4-2-3-26)7-18(34-20)11-5-13(24)14(25)6-12(11)23/h5-10H,2,4H2,1H3. The minimum Gasteiger partial charge on any atom is -0.332 e. The number of aromatic nitrogens is 5. The quantitative estimate of drug-likeness (QED) is 0.349. The number of benzene rings is 1. The van der Waals surface area contributed by atoms with Crippen molar-refractivity contribution < 1.29 is 8.78 Å². The Labute approximate surface area is 198 Å². The summed E-state index contributed by atoms with van der Waals surface area (Å²) in [5.41, 5.74) is 0.439. The van der Waals surface area contributed by atoms with Crippen LogP contribution in [0.3, 0.4) is 0 Å². The summed E-state index contributed by atoms with van der Waals surface area (Å²) in [6.45, 7) is 0.0165. The lowest BCUT2D eigenvalue weighted by molar-refractivity contribution is 0.509. The third-order valence-corrected chi connectivity index (χ3v) is 6.85. The predicted molar refractivity (Wildman–Crippen MR) is 124 cm³/mol. The topological polar surface area (TPSA) is 98.5 Å². The summed E-state index contributed by atoms with van der Waals surface area (Å²) in [5, 5.41) is 9.07.